The molecule has 2 rings (SSSR count). The molecule has 1 saturated carbocycles. The second-order valence-electron chi connectivity index (χ2n) is 3.87. The van der Waals surface area contributed by atoms with E-state index in [1.54, 1.807) is 6.07 Å². The largest absolute Gasteiger partial charge is 0.379 e. The standard InChI is InChI=1S/C10H13Cl2N3/c1-2-7(6-3-4-6)13-8-5-9(11)14-15-10(8)12/h5-7H,2-4H2,1H3,(H,13,14). The third-order valence-electron chi connectivity index (χ3n) is 2.69. The summed E-state index contributed by atoms with van der Waals surface area (Å²) in [6.07, 6.45) is 3.69. The lowest BCUT2D eigenvalue weighted by Crippen LogP contribution is -2.21. The summed E-state index contributed by atoms with van der Waals surface area (Å²) in [5.74, 6) is 0.776. The van der Waals surface area contributed by atoms with Crippen LogP contribution < -0.4 is 5.32 Å². The Morgan fingerprint density at radius 2 is 2.20 bits per heavy atom. The van der Waals surface area contributed by atoms with Gasteiger partial charge < -0.3 is 5.32 Å². The zero-order chi connectivity index (χ0) is 10.8. The maximum absolute atomic E-state index is 5.93. The molecule has 0 amide bonds. The molecule has 0 bridgehead atoms. The van der Waals surface area contributed by atoms with Crippen molar-refractivity contribution in [2.45, 2.75) is 32.2 Å². The van der Waals surface area contributed by atoms with Crippen molar-refractivity contribution in [3.63, 3.8) is 0 Å². The molecule has 0 spiro atoms. The molecule has 1 heterocycles. The fraction of sp³-hybridized carbons (Fsp3) is 0.600. The molecule has 0 aromatic carbocycles. The number of nitrogens with zero attached hydrogens (tertiary/aromatic N) is 2. The number of rotatable bonds is 4. The molecule has 1 fully saturated rings. The van der Waals surface area contributed by atoms with Crippen LogP contribution in [0.15, 0.2) is 6.07 Å². The highest BCUT2D eigenvalue weighted by atomic mass is 35.5. The van der Waals surface area contributed by atoms with Gasteiger partial charge in [0.1, 0.15) is 0 Å². The second-order valence-corrected chi connectivity index (χ2v) is 4.61. The molecule has 1 unspecified atom stereocenters. The van der Waals surface area contributed by atoms with Gasteiger partial charge in [-0.1, -0.05) is 30.1 Å². The van der Waals surface area contributed by atoms with Gasteiger partial charge in [0, 0.05) is 12.1 Å². The number of halogens is 2. The van der Waals surface area contributed by atoms with Crippen LogP contribution in [0.4, 0.5) is 5.69 Å². The van der Waals surface area contributed by atoms with Gasteiger partial charge in [-0.3, -0.25) is 0 Å². The Bertz CT molecular complexity index is 353. The van der Waals surface area contributed by atoms with E-state index in [0.29, 0.717) is 16.3 Å². The number of hydrogen-bond acceptors (Lipinski definition) is 3. The minimum atomic E-state index is 0.368. The van der Waals surface area contributed by atoms with Crippen LogP contribution in [-0.2, 0) is 0 Å². The van der Waals surface area contributed by atoms with Gasteiger partial charge in [-0.15, -0.1) is 10.2 Å². The topological polar surface area (TPSA) is 37.8 Å². The Balaban J connectivity index is 2.11. The molecule has 0 aliphatic heterocycles. The third-order valence-corrected chi connectivity index (χ3v) is 3.15. The van der Waals surface area contributed by atoms with E-state index in [1.807, 2.05) is 0 Å². The van der Waals surface area contributed by atoms with Gasteiger partial charge in [-0.05, 0) is 25.2 Å². The zero-order valence-electron chi connectivity index (χ0n) is 8.50. The van der Waals surface area contributed by atoms with E-state index in [2.05, 4.69) is 22.4 Å². The minimum Gasteiger partial charge on any atom is -0.379 e. The Kier molecular flexibility index (Phi) is 3.32. The highest BCUT2D eigenvalue weighted by Crippen LogP contribution is 2.36. The lowest BCUT2D eigenvalue weighted by Gasteiger charge is -2.17. The SMILES string of the molecule is CCC(Nc1cc(Cl)nnc1Cl)C1CC1. The maximum atomic E-state index is 5.93. The van der Waals surface area contributed by atoms with E-state index in [4.69, 9.17) is 23.2 Å². The van der Waals surface area contributed by atoms with Crippen molar-refractivity contribution in [2.75, 3.05) is 5.32 Å². The zero-order valence-corrected chi connectivity index (χ0v) is 10.0. The molecule has 1 aliphatic rings. The van der Waals surface area contributed by atoms with E-state index in [0.717, 1.165) is 18.0 Å². The van der Waals surface area contributed by atoms with Crippen LogP contribution in [0.2, 0.25) is 10.3 Å². The average molecular weight is 246 g/mol. The highest BCUT2D eigenvalue weighted by molar-refractivity contribution is 6.33. The van der Waals surface area contributed by atoms with Crippen molar-refractivity contribution in [3.8, 4) is 0 Å². The Labute approximate surface area is 99.2 Å². The normalized spacial score (nSPS) is 17.5. The lowest BCUT2D eigenvalue weighted by atomic mass is 10.1. The molecule has 5 heteroatoms. The summed E-state index contributed by atoms with van der Waals surface area (Å²) in [6.45, 7) is 2.17. The van der Waals surface area contributed by atoms with Crippen LogP contribution >= 0.6 is 23.2 Å². The summed E-state index contributed by atoms with van der Waals surface area (Å²) in [4.78, 5) is 0. The number of aromatic nitrogens is 2. The quantitative estimate of drug-likeness (QED) is 0.884. The van der Waals surface area contributed by atoms with Gasteiger partial charge in [0.05, 0.1) is 5.69 Å². The maximum Gasteiger partial charge on any atom is 0.174 e. The van der Waals surface area contributed by atoms with E-state index < -0.39 is 0 Å². The van der Waals surface area contributed by atoms with Gasteiger partial charge in [0.15, 0.2) is 10.3 Å². The molecule has 1 aromatic rings. The monoisotopic (exact) mass is 245 g/mol. The fourth-order valence-electron chi connectivity index (χ4n) is 1.71. The molecule has 1 aliphatic carbocycles. The summed E-state index contributed by atoms with van der Waals surface area (Å²) >= 11 is 11.7. The molecule has 0 saturated heterocycles. The molecule has 3 nitrogen and oxygen atoms in total. The Morgan fingerprint density at radius 1 is 1.47 bits per heavy atom. The van der Waals surface area contributed by atoms with Gasteiger partial charge in [0.2, 0.25) is 0 Å². The van der Waals surface area contributed by atoms with E-state index in [1.165, 1.54) is 12.8 Å². The van der Waals surface area contributed by atoms with Crippen molar-refractivity contribution < 1.29 is 0 Å². The molecule has 82 valence electrons. The second kappa shape index (κ2) is 4.54. The fourth-order valence-corrected chi connectivity index (χ4v) is 2.00. The van der Waals surface area contributed by atoms with Gasteiger partial charge in [0.25, 0.3) is 0 Å². The lowest BCUT2D eigenvalue weighted by molar-refractivity contribution is 0.616. The van der Waals surface area contributed by atoms with Crippen LogP contribution in [0.5, 0.6) is 0 Å². The van der Waals surface area contributed by atoms with Crippen LogP contribution in [0.25, 0.3) is 0 Å². The van der Waals surface area contributed by atoms with Crippen molar-refractivity contribution in [1.29, 1.82) is 0 Å². The van der Waals surface area contributed by atoms with Gasteiger partial charge >= 0.3 is 0 Å². The number of hydrogen-bond donors (Lipinski definition) is 1. The number of nitrogens with one attached hydrogen (secondary N) is 1. The van der Waals surface area contributed by atoms with Crippen molar-refractivity contribution in [1.82, 2.24) is 10.2 Å². The van der Waals surface area contributed by atoms with E-state index >= 15 is 0 Å². The average Bonchev–Trinajstić information content (AvgIpc) is 3.03. The Morgan fingerprint density at radius 3 is 2.80 bits per heavy atom. The molecule has 15 heavy (non-hydrogen) atoms. The predicted molar refractivity (Wildman–Crippen MR) is 62.5 cm³/mol. The van der Waals surface area contributed by atoms with Gasteiger partial charge in [-0.25, -0.2) is 0 Å². The minimum absolute atomic E-state index is 0.368. The highest BCUT2D eigenvalue weighted by Gasteiger charge is 2.30. The molecule has 1 aromatic heterocycles. The molecule has 1 N–H and O–H groups in total. The first-order valence-corrected chi connectivity index (χ1v) is 5.91. The van der Waals surface area contributed by atoms with Crippen molar-refractivity contribution in [2.24, 2.45) is 5.92 Å². The molecule has 0 radical (unpaired) electrons. The van der Waals surface area contributed by atoms with Crippen LogP contribution in [0.3, 0.4) is 0 Å². The first kappa shape index (κ1) is 11.0. The van der Waals surface area contributed by atoms with E-state index in [9.17, 15) is 0 Å². The van der Waals surface area contributed by atoms with Gasteiger partial charge in [-0.2, -0.15) is 0 Å². The summed E-state index contributed by atoms with van der Waals surface area (Å²) < 4.78 is 0. The molecular formula is C10H13Cl2N3. The molecule has 1 atom stereocenters. The first-order chi connectivity index (χ1) is 7.20. The summed E-state index contributed by atoms with van der Waals surface area (Å²) in [5.41, 5.74) is 0.787. The third kappa shape index (κ3) is 2.73. The summed E-state index contributed by atoms with van der Waals surface area (Å²) in [5, 5.41) is 11.6. The first-order valence-electron chi connectivity index (χ1n) is 5.16. The summed E-state index contributed by atoms with van der Waals surface area (Å²) in [6, 6.07) is 2.20. The van der Waals surface area contributed by atoms with Crippen LogP contribution in [0, 0.1) is 5.92 Å². The van der Waals surface area contributed by atoms with Crippen LogP contribution in [0.1, 0.15) is 26.2 Å². The summed E-state index contributed by atoms with van der Waals surface area (Å²) in [7, 11) is 0. The smallest absolute Gasteiger partial charge is 0.174 e. The van der Waals surface area contributed by atoms with Crippen molar-refractivity contribution >= 4 is 28.9 Å². The predicted octanol–water partition coefficient (Wildman–Crippen LogP) is 3.38. The molecular weight excluding hydrogens is 233 g/mol. The van der Waals surface area contributed by atoms with E-state index in [-0.39, 0.29) is 0 Å². The Hall–Kier alpha value is -0.540. The number of anilines is 1. The van der Waals surface area contributed by atoms with Crippen LogP contribution in [-0.4, -0.2) is 16.2 Å². The van der Waals surface area contributed by atoms with Crippen molar-refractivity contribution in [3.05, 3.63) is 16.4 Å².